The fraction of sp³-hybridized carbons (Fsp3) is 0.581. The lowest BCUT2D eigenvalue weighted by molar-refractivity contribution is -0.215. The van der Waals surface area contributed by atoms with E-state index in [0.717, 1.165) is 62.6 Å². The number of carbonyl (C=O) groups excluding carboxylic acids is 1. The quantitative estimate of drug-likeness (QED) is 0.497. The number of benzene rings is 2. The van der Waals surface area contributed by atoms with Gasteiger partial charge in [-0.05, 0) is 74.6 Å². The summed E-state index contributed by atoms with van der Waals surface area (Å²) in [6, 6.07) is 15.2. The van der Waals surface area contributed by atoms with Gasteiger partial charge in [0.05, 0.1) is 18.1 Å². The topological polar surface area (TPSA) is 48.0 Å². The number of hydrogen-bond acceptors (Lipinski definition) is 5. The van der Waals surface area contributed by atoms with Gasteiger partial charge in [0.1, 0.15) is 0 Å². The minimum Gasteiger partial charge on any atom is -0.493 e. The zero-order valence-electron chi connectivity index (χ0n) is 21.3. The van der Waals surface area contributed by atoms with Crippen molar-refractivity contribution < 1.29 is 19.0 Å². The van der Waals surface area contributed by atoms with Crippen molar-refractivity contribution >= 4 is 5.78 Å². The molecule has 4 atom stereocenters. The third-order valence-corrected chi connectivity index (χ3v) is 10.1. The number of carbonyl (C=O) groups is 1. The maximum atomic E-state index is 13.5. The number of ether oxygens (including phenoxy) is 3. The number of hydrogen-bond donors (Lipinski definition) is 0. The van der Waals surface area contributed by atoms with Crippen LogP contribution in [0.2, 0.25) is 0 Å². The average Bonchev–Trinajstić information content (AvgIpc) is 3.23. The average molecular weight is 488 g/mol. The Bertz CT molecular complexity index is 1160. The number of ketones is 1. The van der Waals surface area contributed by atoms with Gasteiger partial charge in [-0.2, -0.15) is 0 Å². The normalized spacial score (nSPS) is 32.5. The van der Waals surface area contributed by atoms with E-state index in [1.54, 1.807) is 7.11 Å². The zero-order valence-corrected chi connectivity index (χ0v) is 21.3. The standard InChI is InChI=1S/C31H37NO4/c1-34-25-13-12-23-19-26-31(35-18-6-11-21-7-3-2-4-8-21)15-14-24(33)29-30(31,27(23)28(25)36-29)16-17-32(26)20-22-9-5-10-22/h2-4,7-8,12-13,22,26,29H,5-6,9-11,14-20H2,1H3/t26?,29-,30-,31+/m0/s1. The molecule has 5 heteroatoms. The summed E-state index contributed by atoms with van der Waals surface area (Å²) in [5.74, 6) is 2.59. The predicted octanol–water partition coefficient (Wildman–Crippen LogP) is 4.88. The van der Waals surface area contributed by atoms with Crippen molar-refractivity contribution in [3.63, 3.8) is 0 Å². The van der Waals surface area contributed by atoms with Crippen LogP contribution < -0.4 is 9.47 Å². The number of piperidine rings is 1. The molecule has 3 aliphatic carbocycles. The van der Waals surface area contributed by atoms with Crippen LogP contribution >= 0.6 is 0 Å². The Kier molecular flexibility index (Phi) is 5.44. The molecule has 1 saturated heterocycles. The second kappa shape index (κ2) is 8.59. The predicted molar refractivity (Wildman–Crippen MR) is 138 cm³/mol. The third-order valence-electron chi connectivity index (χ3n) is 10.1. The Morgan fingerprint density at radius 2 is 1.97 bits per heavy atom. The molecule has 190 valence electrons. The van der Waals surface area contributed by atoms with Crippen LogP contribution in [0.5, 0.6) is 11.5 Å². The first-order chi connectivity index (χ1) is 17.7. The van der Waals surface area contributed by atoms with Crippen molar-refractivity contribution in [1.29, 1.82) is 0 Å². The lowest BCUT2D eigenvalue weighted by Crippen LogP contribution is -2.77. The van der Waals surface area contributed by atoms with Crippen molar-refractivity contribution in [3.8, 4) is 11.5 Å². The molecule has 1 unspecified atom stereocenters. The van der Waals surface area contributed by atoms with E-state index in [0.29, 0.717) is 13.0 Å². The molecule has 2 aromatic rings. The molecule has 2 aromatic carbocycles. The van der Waals surface area contributed by atoms with Crippen molar-refractivity contribution in [2.75, 3.05) is 26.8 Å². The van der Waals surface area contributed by atoms with Crippen LogP contribution in [0.25, 0.3) is 0 Å². The first-order valence-electron chi connectivity index (χ1n) is 14.0. The highest BCUT2D eigenvalue weighted by atomic mass is 16.5. The maximum Gasteiger partial charge on any atom is 0.174 e. The summed E-state index contributed by atoms with van der Waals surface area (Å²) in [5, 5.41) is 0. The highest BCUT2D eigenvalue weighted by Gasteiger charge is 2.74. The zero-order chi connectivity index (χ0) is 24.3. The summed E-state index contributed by atoms with van der Waals surface area (Å²) in [4.78, 5) is 16.2. The third kappa shape index (κ3) is 3.11. The molecule has 0 aromatic heterocycles. The minimum absolute atomic E-state index is 0.232. The first kappa shape index (κ1) is 22.8. The molecule has 0 radical (unpaired) electrons. The van der Waals surface area contributed by atoms with Crippen LogP contribution in [0.3, 0.4) is 0 Å². The van der Waals surface area contributed by atoms with Crippen molar-refractivity contribution in [3.05, 3.63) is 59.2 Å². The van der Waals surface area contributed by atoms with E-state index in [4.69, 9.17) is 14.2 Å². The molecule has 36 heavy (non-hydrogen) atoms. The van der Waals surface area contributed by atoms with Gasteiger partial charge in [-0.25, -0.2) is 0 Å². The molecule has 7 rings (SSSR count). The highest BCUT2D eigenvalue weighted by molar-refractivity contribution is 5.90. The Balaban J connectivity index is 1.28. The van der Waals surface area contributed by atoms with Gasteiger partial charge in [-0.3, -0.25) is 9.69 Å². The summed E-state index contributed by atoms with van der Waals surface area (Å²) in [6.45, 7) is 2.88. The number of aryl methyl sites for hydroxylation is 1. The molecule has 0 N–H and O–H groups in total. The summed E-state index contributed by atoms with van der Waals surface area (Å²) < 4.78 is 19.5. The van der Waals surface area contributed by atoms with E-state index in [1.165, 1.54) is 36.0 Å². The first-order valence-corrected chi connectivity index (χ1v) is 14.0. The van der Waals surface area contributed by atoms with Crippen LogP contribution in [0.1, 0.15) is 61.6 Å². The number of methoxy groups -OCH3 is 1. The van der Waals surface area contributed by atoms with Gasteiger partial charge in [0.25, 0.3) is 0 Å². The van der Waals surface area contributed by atoms with E-state index in [1.807, 2.05) is 6.07 Å². The van der Waals surface area contributed by atoms with Crippen LogP contribution in [-0.2, 0) is 27.8 Å². The highest BCUT2D eigenvalue weighted by Crippen LogP contribution is 2.66. The van der Waals surface area contributed by atoms with Gasteiger partial charge < -0.3 is 14.2 Å². The number of nitrogens with zero attached hydrogens (tertiary/aromatic N) is 1. The van der Waals surface area contributed by atoms with Crippen LogP contribution in [0.15, 0.2) is 42.5 Å². The summed E-state index contributed by atoms with van der Waals surface area (Å²) in [7, 11) is 1.70. The molecule has 5 nitrogen and oxygen atoms in total. The number of rotatable bonds is 8. The van der Waals surface area contributed by atoms with E-state index < -0.39 is 17.1 Å². The van der Waals surface area contributed by atoms with Crippen molar-refractivity contribution in [2.45, 2.75) is 80.9 Å². The van der Waals surface area contributed by atoms with E-state index in [-0.39, 0.29) is 11.8 Å². The van der Waals surface area contributed by atoms with Gasteiger partial charge >= 0.3 is 0 Å². The summed E-state index contributed by atoms with van der Waals surface area (Å²) >= 11 is 0. The molecule has 5 aliphatic rings. The Morgan fingerprint density at radius 1 is 1.11 bits per heavy atom. The summed E-state index contributed by atoms with van der Waals surface area (Å²) in [6.07, 6.45) is 8.79. The fourth-order valence-corrected chi connectivity index (χ4v) is 8.23. The molecule has 1 spiro atoms. The largest absolute Gasteiger partial charge is 0.493 e. The Morgan fingerprint density at radius 3 is 2.75 bits per heavy atom. The second-order valence-electron chi connectivity index (χ2n) is 11.7. The second-order valence-corrected chi connectivity index (χ2v) is 11.7. The lowest BCUT2D eigenvalue weighted by atomic mass is 9.48. The van der Waals surface area contributed by atoms with Crippen LogP contribution in [0, 0.1) is 5.92 Å². The number of likely N-dealkylation sites (tertiary alicyclic amines) is 1. The maximum absolute atomic E-state index is 13.5. The minimum atomic E-state index is -0.459. The van der Waals surface area contributed by atoms with Crippen molar-refractivity contribution in [2.24, 2.45) is 5.92 Å². The van der Waals surface area contributed by atoms with E-state index in [2.05, 4.69) is 41.3 Å². The van der Waals surface area contributed by atoms with Gasteiger partial charge in [-0.15, -0.1) is 0 Å². The Labute approximate surface area is 214 Å². The smallest absolute Gasteiger partial charge is 0.174 e. The summed E-state index contributed by atoms with van der Waals surface area (Å²) in [5.41, 5.74) is 3.10. The van der Waals surface area contributed by atoms with Gasteiger partial charge in [0.15, 0.2) is 23.4 Å². The lowest BCUT2D eigenvalue weighted by Gasteiger charge is -2.64. The van der Waals surface area contributed by atoms with E-state index >= 15 is 0 Å². The van der Waals surface area contributed by atoms with Gasteiger partial charge in [-0.1, -0.05) is 42.8 Å². The molecule has 2 bridgehead atoms. The monoisotopic (exact) mass is 487 g/mol. The molecule has 2 heterocycles. The van der Waals surface area contributed by atoms with E-state index in [9.17, 15) is 4.79 Å². The van der Waals surface area contributed by atoms with Crippen LogP contribution in [0.4, 0.5) is 0 Å². The van der Waals surface area contributed by atoms with Gasteiger partial charge in [0.2, 0.25) is 0 Å². The fourth-order valence-electron chi connectivity index (χ4n) is 8.23. The van der Waals surface area contributed by atoms with Gasteiger partial charge in [0, 0.05) is 31.2 Å². The molecular weight excluding hydrogens is 450 g/mol. The number of Topliss-reactive ketones (excluding diaryl/α,β-unsaturated/α-hetero) is 1. The Hall–Kier alpha value is -2.37. The molecule has 2 aliphatic heterocycles. The molecular formula is C31H37NO4. The van der Waals surface area contributed by atoms with Crippen molar-refractivity contribution in [1.82, 2.24) is 4.90 Å². The molecule has 3 fully saturated rings. The molecule has 2 saturated carbocycles. The van der Waals surface area contributed by atoms with Crippen LogP contribution in [-0.4, -0.2) is 55.2 Å². The SMILES string of the molecule is COc1ccc2c3c1O[C@H]1C(=O)CC[C@@]4(OCCCc5ccccc5)C(C2)N(CC2CCC2)CC[C@]314. The molecule has 0 amide bonds.